The standard InChI is InChI=1S/C15H20O4/c1-9-4-3-5-11(8-16)6-14-12(7-13(9)17)10(2)15(18)19-14/h4,6,12-14,16-17H,2-3,5,7-8H2,1H3/b9-4+,11-6-/t12-,13+,14-/m0/s1. The number of rotatable bonds is 1. The summed E-state index contributed by atoms with van der Waals surface area (Å²) in [6.07, 6.45) is 4.68. The Bertz CT molecular complexity index is 447. The third-order valence-corrected chi connectivity index (χ3v) is 3.89. The Kier molecular flexibility index (Phi) is 4.22. The minimum atomic E-state index is -0.581. The van der Waals surface area contributed by atoms with Gasteiger partial charge in [-0.1, -0.05) is 12.7 Å². The number of aliphatic hydroxyl groups excluding tert-OH is 2. The second kappa shape index (κ2) is 5.72. The quantitative estimate of drug-likeness (QED) is 0.428. The average Bonchev–Trinajstić information content (AvgIpc) is 2.64. The van der Waals surface area contributed by atoms with Crippen molar-refractivity contribution in [3.8, 4) is 0 Å². The van der Waals surface area contributed by atoms with Crippen molar-refractivity contribution in [3.05, 3.63) is 35.5 Å². The van der Waals surface area contributed by atoms with E-state index < -0.39 is 18.2 Å². The Morgan fingerprint density at radius 3 is 2.95 bits per heavy atom. The molecule has 1 fully saturated rings. The van der Waals surface area contributed by atoms with Crippen molar-refractivity contribution in [1.82, 2.24) is 0 Å². The van der Waals surface area contributed by atoms with Crippen LogP contribution in [0.5, 0.6) is 0 Å². The molecule has 0 aromatic heterocycles. The lowest BCUT2D eigenvalue weighted by atomic mass is 9.86. The molecule has 104 valence electrons. The van der Waals surface area contributed by atoms with Gasteiger partial charge in [-0.3, -0.25) is 0 Å². The van der Waals surface area contributed by atoms with E-state index in [4.69, 9.17) is 4.74 Å². The fourth-order valence-electron chi connectivity index (χ4n) is 2.55. The van der Waals surface area contributed by atoms with Crippen LogP contribution in [0.1, 0.15) is 26.2 Å². The number of esters is 1. The van der Waals surface area contributed by atoms with E-state index in [9.17, 15) is 15.0 Å². The van der Waals surface area contributed by atoms with Gasteiger partial charge in [0.25, 0.3) is 0 Å². The molecule has 4 heteroatoms. The minimum absolute atomic E-state index is 0.0390. The summed E-state index contributed by atoms with van der Waals surface area (Å²) >= 11 is 0. The van der Waals surface area contributed by atoms with Crippen molar-refractivity contribution in [2.24, 2.45) is 5.92 Å². The van der Waals surface area contributed by atoms with Crippen LogP contribution in [0.2, 0.25) is 0 Å². The van der Waals surface area contributed by atoms with Crippen molar-refractivity contribution < 1.29 is 19.7 Å². The smallest absolute Gasteiger partial charge is 0.334 e. The summed E-state index contributed by atoms with van der Waals surface area (Å²) in [5.41, 5.74) is 2.16. The lowest BCUT2D eigenvalue weighted by Gasteiger charge is -2.21. The van der Waals surface area contributed by atoms with Crippen LogP contribution in [0.25, 0.3) is 0 Å². The van der Waals surface area contributed by atoms with Gasteiger partial charge >= 0.3 is 5.97 Å². The minimum Gasteiger partial charge on any atom is -0.454 e. The molecule has 0 aromatic rings. The van der Waals surface area contributed by atoms with E-state index in [1.807, 2.05) is 19.1 Å². The fraction of sp³-hybridized carbons (Fsp3) is 0.533. The second-order valence-corrected chi connectivity index (χ2v) is 5.22. The molecule has 2 rings (SSSR count). The van der Waals surface area contributed by atoms with E-state index >= 15 is 0 Å². The number of hydrogen-bond acceptors (Lipinski definition) is 4. The predicted molar refractivity (Wildman–Crippen MR) is 71.3 cm³/mol. The van der Waals surface area contributed by atoms with E-state index in [1.54, 1.807) is 0 Å². The summed E-state index contributed by atoms with van der Waals surface area (Å²) in [7, 11) is 0. The molecular weight excluding hydrogens is 244 g/mol. The Labute approximate surface area is 113 Å². The molecule has 0 spiro atoms. The highest BCUT2D eigenvalue weighted by atomic mass is 16.6. The normalized spacial score (nSPS) is 37.7. The van der Waals surface area contributed by atoms with Gasteiger partial charge in [-0.15, -0.1) is 0 Å². The van der Waals surface area contributed by atoms with Crippen molar-refractivity contribution >= 4 is 5.97 Å². The summed E-state index contributed by atoms with van der Waals surface area (Å²) in [6.45, 7) is 5.60. The first kappa shape index (κ1) is 14.0. The monoisotopic (exact) mass is 264 g/mol. The molecule has 0 unspecified atom stereocenters. The van der Waals surface area contributed by atoms with Crippen LogP contribution in [0.15, 0.2) is 35.5 Å². The lowest BCUT2D eigenvalue weighted by molar-refractivity contribution is -0.137. The number of allylic oxidation sites excluding steroid dienone is 1. The second-order valence-electron chi connectivity index (χ2n) is 5.22. The van der Waals surface area contributed by atoms with Crippen molar-refractivity contribution in [2.75, 3.05) is 6.61 Å². The molecule has 1 saturated heterocycles. The third kappa shape index (κ3) is 2.96. The highest BCUT2D eigenvalue weighted by Crippen LogP contribution is 2.34. The van der Waals surface area contributed by atoms with Crippen LogP contribution in [-0.2, 0) is 9.53 Å². The molecular formula is C15H20O4. The number of ether oxygens (including phenoxy) is 1. The first-order valence-electron chi connectivity index (χ1n) is 6.58. The fourth-order valence-corrected chi connectivity index (χ4v) is 2.55. The molecule has 0 bridgehead atoms. The van der Waals surface area contributed by atoms with Gasteiger partial charge in [0.05, 0.1) is 12.7 Å². The highest BCUT2D eigenvalue weighted by molar-refractivity contribution is 5.91. The molecule has 0 amide bonds. The summed E-state index contributed by atoms with van der Waals surface area (Å²) in [4.78, 5) is 11.6. The van der Waals surface area contributed by atoms with Gasteiger partial charge in [0.15, 0.2) is 0 Å². The zero-order chi connectivity index (χ0) is 14.0. The van der Waals surface area contributed by atoms with Gasteiger partial charge in [0.2, 0.25) is 0 Å². The first-order chi connectivity index (χ1) is 9.02. The summed E-state index contributed by atoms with van der Waals surface area (Å²) in [5.74, 6) is -0.623. The van der Waals surface area contributed by atoms with Crippen molar-refractivity contribution in [1.29, 1.82) is 0 Å². The third-order valence-electron chi connectivity index (χ3n) is 3.89. The van der Waals surface area contributed by atoms with Gasteiger partial charge in [0, 0.05) is 11.5 Å². The van der Waals surface area contributed by atoms with Gasteiger partial charge in [-0.2, -0.15) is 0 Å². The van der Waals surface area contributed by atoms with E-state index in [1.165, 1.54) is 0 Å². The Balaban J connectivity index is 2.31. The molecule has 0 aromatic carbocycles. The summed E-state index contributed by atoms with van der Waals surface area (Å²) in [5, 5.41) is 19.5. The van der Waals surface area contributed by atoms with Crippen LogP contribution < -0.4 is 0 Å². The molecule has 3 atom stereocenters. The first-order valence-corrected chi connectivity index (χ1v) is 6.58. The topological polar surface area (TPSA) is 66.8 Å². The van der Waals surface area contributed by atoms with E-state index in [-0.39, 0.29) is 12.5 Å². The molecule has 1 aliphatic heterocycles. The molecule has 0 saturated carbocycles. The Morgan fingerprint density at radius 2 is 2.26 bits per heavy atom. The SMILES string of the molecule is C=C1C(=O)O[C@H]2/C=C(\CO)CC/C=C(\C)[C@H](O)C[C@@H]12. The maximum absolute atomic E-state index is 11.6. The van der Waals surface area contributed by atoms with Crippen molar-refractivity contribution in [3.63, 3.8) is 0 Å². The molecule has 19 heavy (non-hydrogen) atoms. The average molecular weight is 264 g/mol. The van der Waals surface area contributed by atoms with Gasteiger partial charge in [-0.05, 0) is 43.4 Å². The molecule has 1 heterocycles. The van der Waals surface area contributed by atoms with Crippen LogP contribution >= 0.6 is 0 Å². The highest BCUT2D eigenvalue weighted by Gasteiger charge is 2.38. The zero-order valence-corrected chi connectivity index (χ0v) is 11.1. The number of hydrogen-bond donors (Lipinski definition) is 2. The van der Waals surface area contributed by atoms with Crippen molar-refractivity contribution in [2.45, 2.75) is 38.4 Å². The van der Waals surface area contributed by atoms with E-state index in [0.717, 1.165) is 17.6 Å². The summed E-state index contributed by atoms with van der Waals surface area (Å²) < 4.78 is 5.27. The van der Waals surface area contributed by atoms with Gasteiger partial charge < -0.3 is 14.9 Å². The van der Waals surface area contributed by atoms with Crippen LogP contribution in [0.3, 0.4) is 0 Å². The summed E-state index contributed by atoms with van der Waals surface area (Å²) in [6, 6.07) is 0. The molecule has 2 aliphatic rings. The Morgan fingerprint density at radius 1 is 1.53 bits per heavy atom. The molecule has 4 nitrogen and oxygen atoms in total. The maximum atomic E-state index is 11.6. The zero-order valence-electron chi connectivity index (χ0n) is 11.1. The number of fused-ring (bicyclic) bond motifs is 1. The van der Waals surface area contributed by atoms with Gasteiger partial charge in [0.1, 0.15) is 6.10 Å². The van der Waals surface area contributed by atoms with E-state index in [2.05, 4.69) is 6.58 Å². The largest absolute Gasteiger partial charge is 0.454 e. The Hall–Kier alpha value is -1.39. The lowest BCUT2D eigenvalue weighted by Crippen LogP contribution is -2.23. The number of carbonyl (C=O) groups is 1. The molecule has 1 aliphatic carbocycles. The number of aliphatic hydroxyl groups is 2. The van der Waals surface area contributed by atoms with Crippen LogP contribution in [0.4, 0.5) is 0 Å². The van der Waals surface area contributed by atoms with Crippen LogP contribution in [0, 0.1) is 5.92 Å². The van der Waals surface area contributed by atoms with E-state index in [0.29, 0.717) is 18.4 Å². The van der Waals surface area contributed by atoms with Crippen LogP contribution in [-0.4, -0.2) is 35.0 Å². The molecule has 2 N–H and O–H groups in total. The predicted octanol–water partition coefficient (Wildman–Crippen LogP) is 1.49. The molecule has 0 radical (unpaired) electrons. The van der Waals surface area contributed by atoms with Gasteiger partial charge in [-0.25, -0.2) is 4.79 Å². The maximum Gasteiger partial charge on any atom is 0.334 e. The number of carbonyl (C=O) groups excluding carboxylic acids is 1.